The molecular formula is C10H12F2O. The van der Waals surface area contributed by atoms with Gasteiger partial charge in [-0.3, -0.25) is 0 Å². The highest BCUT2D eigenvalue weighted by Crippen LogP contribution is 2.25. The topological polar surface area (TPSA) is 20.2 Å². The Hall–Kier alpha value is -0.960. The van der Waals surface area contributed by atoms with Gasteiger partial charge in [0.1, 0.15) is 0 Å². The molecule has 0 aliphatic carbocycles. The van der Waals surface area contributed by atoms with Crippen LogP contribution in [0.15, 0.2) is 24.3 Å². The lowest BCUT2D eigenvalue weighted by Gasteiger charge is -2.18. The van der Waals surface area contributed by atoms with E-state index in [9.17, 15) is 13.9 Å². The third-order valence-corrected chi connectivity index (χ3v) is 1.85. The van der Waals surface area contributed by atoms with Crippen LogP contribution in [-0.4, -0.2) is 5.11 Å². The van der Waals surface area contributed by atoms with E-state index in [2.05, 4.69) is 0 Å². The second-order valence-corrected chi connectivity index (χ2v) is 3.49. The largest absolute Gasteiger partial charge is 0.386 e. The molecule has 0 fully saturated rings. The molecule has 1 N–H and O–H groups in total. The minimum absolute atomic E-state index is 0.0559. The third kappa shape index (κ3) is 2.49. The zero-order chi connectivity index (χ0) is 10.1. The SMILES string of the molecule is CC(C)(O)c1cccc(C(F)[18F])c1. The first-order valence-electron chi connectivity index (χ1n) is 4.02. The molecule has 1 atom stereocenters. The van der Waals surface area contributed by atoms with Gasteiger partial charge in [-0.2, -0.15) is 0 Å². The summed E-state index contributed by atoms with van der Waals surface area (Å²) in [6.45, 7) is 3.13. The molecule has 1 rings (SSSR count). The Balaban J connectivity index is 3.06. The lowest BCUT2D eigenvalue weighted by atomic mass is 9.97. The van der Waals surface area contributed by atoms with E-state index in [1.807, 2.05) is 0 Å². The highest BCUT2D eigenvalue weighted by molar-refractivity contribution is 5.27. The van der Waals surface area contributed by atoms with Gasteiger partial charge in [0.05, 0.1) is 5.60 Å². The molecule has 0 saturated carbocycles. The first-order chi connectivity index (χ1) is 5.91. The fourth-order valence-corrected chi connectivity index (χ4v) is 1.05. The van der Waals surface area contributed by atoms with Gasteiger partial charge in [-0.15, -0.1) is 0 Å². The quantitative estimate of drug-likeness (QED) is 0.751. The number of benzene rings is 1. The molecule has 0 radical (unpaired) electrons. The van der Waals surface area contributed by atoms with Crippen LogP contribution in [0, 0.1) is 0 Å². The molecule has 3 heteroatoms. The molecule has 1 nitrogen and oxygen atoms in total. The summed E-state index contributed by atoms with van der Waals surface area (Å²) in [5, 5.41) is 9.55. The van der Waals surface area contributed by atoms with E-state index in [-0.39, 0.29) is 5.56 Å². The van der Waals surface area contributed by atoms with E-state index in [0.29, 0.717) is 5.56 Å². The van der Waals surface area contributed by atoms with Gasteiger partial charge in [-0.1, -0.05) is 18.2 Å². The Bertz CT molecular complexity index is 289. The standard InChI is InChI=1S/C10H12F2O/c1-10(2,13)8-5-3-4-7(6-8)9(11)12/h3-6,9,13H,1-2H3/i11-1. The van der Waals surface area contributed by atoms with E-state index in [0.717, 1.165) is 0 Å². The molecule has 1 unspecified atom stereocenters. The van der Waals surface area contributed by atoms with Gasteiger partial charge in [0, 0.05) is 5.56 Å². The summed E-state index contributed by atoms with van der Waals surface area (Å²) in [6, 6.07) is 5.82. The van der Waals surface area contributed by atoms with Crippen LogP contribution < -0.4 is 0 Å². The van der Waals surface area contributed by atoms with Crippen molar-refractivity contribution in [1.82, 2.24) is 0 Å². The van der Waals surface area contributed by atoms with Crippen molar-refractivity contribution < 1.29 is 13.9 Å². The summed E-state index contributed by atoms with van der Waals surface area (Å²) in [7, 11) is 0. The number of alkyl halides is 2. The van der Waals surface area contributed by atoms with E-state index in [4.69, 9.17) is 0 Å². The average Bonchev–Trinajstić information content (AvgIpc) is 2.03. The molecule has 0 aliphatic rings. The van der Waals surface area contributed by atoms with Gasteiger partial charge in [-0.25, -0.2) is 8.78 Å². The number of aliphatic hydroxyl groups is 1. The fraction of sp³-hybridized carbons (Fsp3) is 0.400. The lowest BCUT2D eigenvalue weighted by molar-refractivity contribution is 0.0779. The molecule has 0 spiro atoms. The summed E-state index contributed by atoms with van der Waals surface area (Å²) < 4.78 is 24.5. The van der Waals surface area contributed by atoms with Gasteiger partial charge in [-0.05, 0) is 25.5 Å². The van der Waals surface area contributed by atoms with Gasteiger partial charge >= 0.3 is 0 Å². The first-order valence-corrected chi connectivity index (χ1v) is 4.02. The number of hydrogen-bond acceptors (Lipinski definition) is 1. The average molecular weight is 185 g/mol. The molecule has 0 aromatic heterocycles. The van der Waals surface area contributed by atoms with Crippen LogP contribution in [-0.2, 0) is 5.60 Å². The van der Waals surface area contributed by atoms with Crippen molar-refractivity contribution in [3.63, 3.8) is 0 Å². The monoisotopic (exact) mass is 185 g/mol. The molecule has 13 heavy (non-hydrogen) atoms. The van der Waals surface area contributed by atoms with Crippen molar-refractivity contribution in [2.45, 2.75) is 25.9 Å². The van der Waals surface area contributed by atoms with E-state index >= 15 is 0 Å². The van der Waals surface area contributed by atoms with Crippen molar-refractivity contribution in [1.29, 1.82) is 0 Å². The summed E-state index contributed by atoms with van der Waals surface area (Å²) in [5.41, 5.74) is -0.616. The maximum atomic E-state index is 12.3. The minimum atomic E-state index is -2.48. The van der Waals surface area contributed by atoms with E-state index in [1.54, 1.807) is 19.9 Å². The van der Waals surface area contributed by atoms with Crippen molar-refractivity contribution >= 4 is 0 Å². The fourth-order valence-electron chi connectivity index (χ4n) is 1.05. The van der Waals surface area contributed by atoms with Crippen molar-refractivity contribution in [2.75, 3.05) is 0 Å². The number of rotatable bonds is 2. The van der Waals surface area contributed by atoms with E-state index in [1.165, 1.54) is 18.2 Å². The Morgan fingerprint density at radius 1 is 1.31 bits per heavy atom. The van der Waals surface area contributed by atoms with Crippen LogP contribution in [0.25, 0.3) is 0 Å². The highest BCUT2D eigenvalue weighted by Gasteiger charge is 2.17. The zero-order valence-corrected chi connectivity index (χ0v) is 7.59. The van der Waals surface area contributed by atoms with Gasteiger partial charge in [0.25, 0.3) is 6.43 Å². The summed E-state index contributed by atoms with van der Waals surface area (Å²) in [6.07, 6.45) is -2.48. The lowest BCUT2D eigenvalue weighted by Crippen LogP contribution is -2.15. The summed E-state index contributed by atoms with van der Waals surface area (Å²) >= 11 is 0. The second-order valence-electron chi connectivity index (χ2n) is 3.49. The molecule has 0 heterocycles. The van der Waals surface area contributed by atoms with Crippen LogP contribution in [0.5, 0.6) is 0 Å². The predicted molar refractivity (Wildman–Crippen MR) is 46.6 cm³/mol. The van der Waals surface area contributed by atoms with Gasteiger partial charge in [0.15, 0.2) is 0 Å². The molecule has 0 saturated heterocycles. The van der Waals surface area contributed by atoms with Gasteiger partial charge < -0.3 is 5.11 Å². The Morgan fingerprint density at radius 3 is 2.38 bits per heavy atom. The van der Waals surface area contributed by atoms with Crippen molar-refractivity contribution in [3.8, 4) is 0 Å². The van der Waals surface area contributed by atoms with Gasteiger partial charge in [0.2, 0.25) is 0 Å². The van der Waals surface area contributed by atoms with Crippen molar-refractivity contribution in [3.05, 3.63) is 35.4 Å². The Kier molecular flexibility index (Phi) is 2.66. The van der Waals surface area contributed by atoms with Crippen molar-refractivity contribution in [2.24, 2.45) is 0 Å². The Labute approximate surface area is 76.0 Å². The number of halogens is 2. The molecular weight excluding hydrogens is 173 g/mol. The van der Waals surface area contributed by atoms with E-state index < -0.39 is 12.0 Å². The zero-order valence-electron chi connectivity index (χ0n) is 7.59. The smallest absolute Gasteiger partial charge is 0.263 e. The van der Waals surface area contributed by atoms with Crippen LogP contribution in [0.1, 0.15) is 31.4 Å². The minimum Gasteiger partial charge on any atom is -0.386 e. The normalized spacial score (nSPS) is 14.2. The first kappa shape index (κ1) is 10.1. The second kappa shape index (κ2) is 3.42. The summed E-state index contributed by atoms with van der Waals surface area (Å²) in [5.74, 6) is 0. The maximum Gasteiger partial charge on any atom is 0.263 e. The molecule has 1 aromatic rings. The van der Waals surface area contributed by atoms with Crippen LogP contribution in [0.4, 0.5) is 8.78 Å². The number of hydrogen-bond donors (Lipinski definition) is 1. The molecule has 72 valence electrons. The molecule has 1 aromatic carbocycles. The van der Waals surface area contributed by atoms with Crippen LogP contribution >= 0.6 is 0 Å². The van der Waals surface area contributed by atoms with Crippen LogP contribution in [0.3, 0.4) is 0 Å². The highest BCUT2D eigenvalue weighted by atomic mass is 19.2. The predicted octanol–water partition coefficient (Wildman–Crippen LogP) is 2.85. The summed E-state index contributed by atoms with van der Waals surface area (Å²) in [4.78, 5) is 0. The Morgan fingerprint density at radius 2 is 1.92 bits per heavy atom. The third-order valence-electron chi connectivity index (χ3n) is 1.85. The molecule has 0 amide bonds. The molecule has 0 aliphatic heterocycles. The van der Waals surface area contributed by atoms with Crippen LogP contribution in [0.2, 0.25) is 0 Å². The molecule has 0 bridgehead atoms. The maximum absolute atomic E-state index is 12.3.